The van der Waals surface area contributed by atoms with E-state index in [-0.39, 0.29) is 35.4 Å². The molecule has 0 saturated carbocycles. The highest BCUT2D eigenvalue weighted by atomic mass is 35.5. The smallest absolute Gasteiger partial charge is 0.150 e. The Kier molecular flexibility index (Phi) is 10.2. The number of benzene rings is 2. The summed E-state index contributed by atoms with van der Waals surface area (Å²) < 4.78 is 35.2. The van der Waals surface area contributed by atoms with Gasteiger partial charge in [0.25, 0.3) is 0 Å². The maximum atomic E-state index is 11.8. The van der Waals surface area contributed by atoms with Crippen LogP contribution in [0.4, 0.5) is 0 Å². The van der Waals surface area contributed by atoms with Crippen LogP contribution in [0.2, 0.25) is 10.0 Å². The molecule has 4 nitrogen and oxygen atoms in total. The Morgan fingerprint density at radius 1 is 0.879 bits per heavy atom. The van der Waals surface area contributed by atoms with Gasteiger partial charge in [0.1, 0.15) is 21.3 Å². The van der Waals surface area contributed by atoms with Crippen molar-refractivity contribution in [3.8, 4) is 11.5 Å². The molecule has 184 valence electrons. The summed E-state index contributed by atoms with van der Waals surface area (Å²) >= 11 is 18.8. The number of ether oxygens (including phenoxy) is 2. The summed E-state index contributed by atoms with van der Waals surface area (Å²) in [5.74, 6) is 2.03. The van der Waals surface area contributed by atoms with Crippen LogP contribution in [0.25, 0.3) is 0 Å². The lowest BCUT2D eigenvalue weighted by molar-refractivity contribution is 0.272. The topological polar surface area (TPSA) is 52.6 Å². The van der Waals surface area contributed by atoms with Gasteiger partial charge >= 0.3 is 0 Å². The second-order valence-corrected chi connectivity index (χ2v) is 12.6. The second kappa shape index (κ2) is 12.0. The molecule has 2 aromatic carbocycles. The van der Waals surface area contributed by atoms with E-state index < -0.39 is 9.84 Å². The molecule has 0 amide bonds. The van der Waals surface area contributed by atoms with E-state index in [1.807, 2.05) is 50.2 Å². The third-order valence-electron chi connectivity index (χ3n) is 5.60. The van der Waals surface area contributed by atoms with Crippen molar-refractivity contribution in [3.05, 3.63) is 57.6 Å². The molecule has 0 aliphatic carbocycles. The largest absolute Gasteiger partial charge is 0.492 e. The van der Waals surface area contributed by atoms with Gasteiger partial charge in [-0.1, -0.05) is 70.0 Å². The van der Waals surface area contributed by atoms with Crippen LogP contribution < -0.4 is 9.47 Å². The maximum Gasteiger partial charge on any atom is 0.150 e. The van der Waals surface area contributed by atoms with Crippen LogP contribution in [0.15, 0.2) is 36.4 Å². The number of hydrogen-bond donors (Lipinski definition) is 0. The summed E-state index contributed by atoms with van der Waals surface area (Å²) in [5.41, 5.74) is 1.66. The molecule has 0 radical (unpaired) electrons. The maximum absolute atomic E-state index is 11.8. The van der Waals surface area contributed by atoms with E-state index in [0.29, 0.717) is 34.0 Å². The fourth-order valence-corrected chi connectivity index (χ4v) is 5.05. The van der Waals surface area contributed by atoms with E-state index in [9.17, 15) is 8.42 Å². The number of rotatable bonds is 12. The fraction of sp³-hybridized carbons (Fsp3) is 0.520. The molecule has 0 heterocycles. The van der Waals surface area contributed by atoms with Gasteiger partial charge < -0.3 is 9.47 Å². The summed E-state index contributed by atoms with van der Waals surface area (Å²) in [6.45, 7) is 10.5. The van der Waals surface area contributed by atoms with E-state index in [1.54, 1.807) is 6.92 Å². The zero-order chi connectivity index (χ0) is 24.8. The minimum atomic E-state index is -3.04. The first-order valence-corrected chi connectivity index (χ1v) is 14.1. The minimum absolute atomic E-state index is 0.0947. The molecule has 0 aliphatic rings. The molecule has 0 fully saturated rings. The first-order valence-electron chi connectivity index (χ1n) is 11.0. The van der Waals surface area contributed by atoms with Crippen molar-refractivity contribution >= 4 is 44.6 Å². The molecular formula is C25H33Cl3O4S. The van der Waals surface area contributed by atoms with Crippen LogP contribution in [-0.2, 0) is 15.3 Å². The third kappa shape index (κ3) is 7.95. The zero-order valence-electron chi connectivity index (χ0n) is 19.8. The molecule has 2 rings (SSSR count). The number of alkyl halides is 1. The average Bonchev–Trinajstić information content (AvgIpc) is 2.76. The molecule has 33 heavy (non-hydrogen) atoms. The number of sulfone groups is 1. The predicted molar refractivity (Wildman–Crippen MR) is 139 cm³/mol. The van der Waals surface area contributed by atoms with Gasteiger partial charge in [-0.05, 0) is 35.4 Å². The second-order valence-electron chi connectivity index (χ2n) is 9.10. The standard InChI is InChI=1S/C25H33Cl3O4S/c1-6-33(29,30)16-18(3)15-32-24-10-8-20(12-22(24)28)25(4,5)19-7-9-23(21(27)11-19)31-14-17(2)13-26/h7-12,17-18H,6,13-16H2,1-5H3/t17-,18-/m0/s1. The molecule has 0 N–H and O–H groups in total. The number of halogens is 3. The molecule has 0 saturated heterocycles. The highest BCUT2D eigenvalue weighted by molar-refractivity contribution is 7.91. The summed E-state index contributed by atoms with van der Waals surface area (Å²) in [6.07, 6.45) is 0. The SMILES string of the molecule is CCS(=O)(=O)C[C@@H](C)COc1ccc(C(C)(C)c2ccc(OC[C@@H](C)CCl)c(Cl)c2)cc1Cl. The van der Waals surface area contributed by atoms with Gasteiger partial charge in [-0.25, -0.2) is 8.42 Å². The molecule has 8 heteroatoms. The van der Waals surface area contributed by atoms with Crippen molar-refractivity contribution < 1.29 is 17.9 Å². The Labute approximate surface area is 213 Å². The Balaban J connectivity index is 2.13. The lowest BCUT2D eigenvalue weighted by Crippen LogP contribution is -2.21. The van der Waals surface area contributed by atoms with Gasteiger partial charge in [0, 0.05) is 28.9 Å². The van der Waals surface area contributed by atoms with Crippen LogP contribution in [0.5, 0.6) is 11.5 Å². The summed E-state index contributed by atoms with van der Waals surface area (Å²) in [4.78, 5) is 0. The molecule has 0 bridgehead atoms. The first-order chi connectivity index (χ1) is 15.4. The first kappa shape index (κ1) is 28.1. The molecule has 2 aromatic rings. The highest BCUT2D eigenvalue weighted by Gasteiger charge is 2.25. The zero-order valence-corrected chi connectivity index (χ0v) is 22.9. The van der Waals surface area contributed by atoms with E-state index >= 15 is 0 Å². The van der Waals surface area contributed by atoms with Crippen molar-refractivity contribution in [2.45, 2.75) is 40.0 Å². The van der Waals surface area contributed by atoms with Gasteiger partial charge in [0.05, 0.1) is 29.0 Å². The predicted octanol–water partition coefficient (Wildman–Crippen LogP) is 7.02. The van der Waals surface area contributed by atoms with E-state index in [1.165, 1.54) is 0 Å². The summed E-state index contributed by atoms with van der Waals surface area (Å²) in [5, 5.41) is 1.02. The van der Waals surface area contributed by atoms with E-state index in [4.69, 9.17) is 44.3 Å². The van der Waals surface area contributed by atoms with Crippen LogP contribution in [0.3, 0.4) is 0 Å². The lowest BCUT2D eigenvalue weighted by atomic mass is 9.78. The molecule has 0 aliphatic heterocycles. The Bertz CT molecular complexity index is 1040. The van der Waals surface area contributed by atoms with Gasteiger partial charge in [-0.15, -0.1) is 11.6 Å². The van der Waals surface area contributed by atoms with Crippen LogP contribution >= 0.6 is 34.8 Å². The van der Waals surface area contributed by atoms with Crippen molar-refractivity contribution in [2.75, 3.05) is 30.6 Å². The molecule has 0 spiro atoms. The van der Waals surface area contributed by atoms with E-state index in [2.05, 4.69) is 13.8 Å². The quantitative estimate of drug-likeness (QED) is 0.274. The van der Waals surface area contributed by atoms with Gasteiger partial charge in [-0.2, -0.15) is 0 Å². The summed E-state index contributed by atoms with van der Waals surface area (Å²) in [6, 6.07) is 11.5. The van der Waals surface area contributed by atoms with Crippen molar-refractivity contribution in [3.63, 3.8) is 0 Å². The van der Waals surface area contributed by atoms with Crippen molar-refractivity contribution in [1.29, 1.82) is 0 Å². The van der Waals surface area contributed by atoms with Crippen LogP contribution in [0, 0.1) is 11.8 Å². The molecular weight excluding hydrogens is 503 g/mol. The minimum Gasteiger partial charge on any atom is -0.492 e. The van der Waals surface area contributed by atoms with E-state index in [0.717, 1.165) is 11.1 Å². The molecule has 2 atom stereocenters. The Morgan fingerprint density at radius 3 is 1.73 bits per heavy atom. The third-order valence-corrected chi connectivity index (χ3v) is 8.67. The van der Waals surface area contributed by atoms with Crippen LogP contribution in [0.1, 0.15) is 45.7 Å². The van der Waals surface area contributed by atoms with Gasteiger partial charge in [-0.3, -0.25) is 0 Å². The Hall–Kier alpha value is -1.14. The van der Waals surface area contributed by atoms with Gasteiger partial charge in [0.2, 0.25) is 0 Å². The average molecular weight is 536 g/mol. The molecule has 0 unspecified atom stereocenters. The van der Waals surface area contributed by atoms with Gasteiger partial charge in [0.15, 0.2) is 0 Å². The lowest BCUT2D eigenvalue weighted by Gasteiger charge is -2.27. The van der Waals surface area contributed by atoms with Crippen molar-refractivity contribution in [1.82, 2.24) is 0 Å². The normalized spacial score (nSPS) is 14.1. The summed E-state index contributed by atoms with van der Waals surface area (Å²) in [7, 11) is -3.04. The highest BCUT2D eigenvalue weighted by Crippen LogP contribution is 2.38. The van der Waals surface area contributed by atoms with Crippen molar-refractivity contribution in [2.24, 2.45) is 11.8 Å². The van der Waals surface area contributed by atoms with Crippen LogP contribution in [-0.4, -0.2) is 39.0 Å². The number of hydrogen-bond acceptors (Lipinski definition) is 4. The monoisotopic (exact) mass is 534 g/mol. The molecule has 0 aromatic heterocycles. The fourth-order valence-electron chi connectivity index (χ4n) is 3.29. The Morgan fingerprint density at radius 2 is 1.33 bits per heavy atom.